The number of likely N-dealkylation sites (tertiary alicyclic amines) is 1. The molecule has 1 N–H and O–H groups in total. The third-order valence-corrected chi connectivity index (χ3v) is 3.30. The highest BCUT2D eigenvalue weighted by molar-refractivity contribution is 5.78. The lowest BCUT2D eigenvalue weighted by molar-refractivity contribution is 0.175. The zero-order valence-electron chi connectivity index (χ0n) is 9.71. The molecule has 0 saturated carbocycles. The Morgan fingerprint density at radius 2 is 2.24 bits per heavy atom. The molecule has 1 aromatic heterocycles. The highest BCUT2D eigenvalue weighted by Gasteiger charge is 2.19. The number of hydrogen-bond donors (Lipinski definition) is 1. The number of rotatable bonds is 2. The Morgan fingerprint density at radius 1 is 1.35 bits per heavy atom. The highest BCUT2D eigenvalue weighted by Crippen LogP contribution is 2.16. The van der Waals surface area contributed by atoms with E-state index < -0.39 is 0 Å². The van der Waals surface area contributed by atoms with Crippen molar-refractivity contribution >= 4 is 10.9 Å². The maximum absolute atomic E-state index is 9.49. The van der Waals surface area contributed by atoms with Gasteiger partial charge < -0.3 is 5.11 Å². The summed E-state index contributed by atoms with van der Waals surface area (Å²) in [4.78, 5) is 6.73. The van der Waals surface area contributed by atoms with Gasteiger partial charge in [0, 0.05) is 31.2 Å². The molecule has 1 fully saturated rings. The summed E-state index contributed by atoms with van der Waals surface area (Å²) < 4.78 is 0. The number of benzene rings is 1. The second kappa shape index (κ2) is 4.43. The van der Waals surface area contributed by atoms with Crippen LogP contribution < -0.4 is 0 Å². The smallest absolute Gasteiger partial charge is 0.0702 e. The number of para-hydroxylation sites is 1. The van der Waals surface area contributed by atoms with E-state index >= 15 is 0 Å². The maximum Gasteiger partial charge on any atom is 0.0702 e. The first kappa shape index (κ1) is 10.7. The van der Waals surface area contributed by atoms with Gasteiger partial charge in [-0.1, -0.05) is 18.2 Å². The van der Waals surface area contributed by atoms with Gasteiger partial charge in [-0.3, -0.25) is 9.88 Å². The van der Waals surface area contributed by atoms with E-state index in [1.807, 2.05) is 24.4 Å². The molecule has 17 heavy (non-hydrogen) atoms. The average Bonchev–Trinajstić information content (AvgIpc) is 2.75. The van der Waals surface area contributed by atoms with Crippen LogP contribution in [-0.4, -0.2) is 34.2 Å². The lowest BCUT2D eigenvalue weighted by Crippen LogP contribution is -2.21. The summed E-state index contributed by atoms with van der Waals surface area (Å²) >= 11 is 0. The Morgan fingerprint density at radius 3 is 3.06 bits per heavy atom. The van der Waals surface area contributed by atoms with Crippen molar-refractivity contribution in [2.45, 2.75) is 19.1 Å². The number of hydrogen-bond acceptors (Lipinski definition) is 3. The van der Waals surface area contributed by atoms with Crippen molar-refractivity contribution in [3.63, 3.8) is 0 Å². The first-order valence-corrected chi connectivity index (χ1v) is 6.05. The van der Waals surface area contributed by atoms with E-state index in [1.165, 1.54) is 10.9 Å². The molecule has 1 saturated heterocycles. The van der Waals surface area contributed by atoms with Crippen LogP contribution in [0.15, 0.2) is 36.5 Å². The van der Waals surface area contributed by atoms with E-state index in [0.717, 1.165) is 31.6 Å². The van der Waals surface area contributed by atoms with Crippen LogP contribution in [0.3, 0.4) is 0 Å². The monoisotopic (exact) mass is 228 g/mol. The van der Waals surface area contributed by atoms with Crippen molar-refractivity contribution in [1.82, 2.24) is 9.88 Å². The van der Waals surface area contributed by atoms with Crippen molar-refractivity contribution in [2.24, 2.45) is 0 Å². The van der Waals surface area contributed by atoms with Gasteiger partial charge in [0.05, 0.1) is 11.6 Å². The van der Waals surface area contributed by atoms with Gasteiger partial charge in [-0.25, -0.2) is 0 Å². The molecule has 3 heteroatoms. The molecule has 3 nitrogen and oxygen atoms in total. The topological polar surface area (TPSA) is 36.4 Å². The van der Waals surface area contributed by atoms with Crippen LogP contribution >= 0.6 is 0 Å². The lowest BCUT2D eigenvalue weighted by atomic mass is 10.1. The third-order valence-electron chi connectivity index (χ3n) is 3.30. The van der Waals surface area contributed by atoms with E-state index in [0.29, 0.717) is 0 Å². The van der Waals surface area contributed by atoms with Crippen molar-refractivity contribution < 1.29 is 5.11 Å². The summed E-state index contributed by atoms with van der Waals surface area (Å²) in [6.07, 6.45) is 2.68. The summed E-state index contributed by atoms with van der Waals surface area (Å²) in [5.74, 6) is 0. The number of aliphatic hydroxyl groups excluding tert-OH is 1. The van der Waals surface area contributed by atoms with E-state index in [2.05, 4.69) is 22.0 Å². The first-order valence-electron chi connectivity index (χ1n) is 6.05. The molecule has 1 aliphatic rings. The fourth-order valence-corrected chi connectivity index (χ4v) is 2.42. The van der Waals surface area contributed by atoms with Gasteiger partial charge in [-0.05, 0) is 24.1 Å². The molecule has 1 aromatic carbocycles. The quantitative estimate of drug-likeness (QED) is 0.851. The van der Waals surface area contributed by atoms with Gasteiger partial charge in [0.1, 0.15) is 0 Å². The number of aliphatic hydroxyl groups is 1. The summed E-state index contributed by atoms with van der Waals surface area (Å²) in [6.45, 7) is 2.65. The van der Waals surface area contributed by atoms with Crippen LogP contribution in [-0.2, 0) is 6.54 Å². The molecule has 1 aliphatic heterocycles. The fraction of sp³-hybridized carbons (Fsp3) is 0.357. The Kier molecular flexibility index (Phi) is 2.79. The van der Waals surface area contributed by atoms with Crippen LogP contribution in [0, 0.1) is 0 Å². The minimum absolute atomic E-state index is 0.150. The van der Waals surface area contributed by atoms with Gasteiger partial charge in [0.15, 0.2) is 0 Å². The van der Waals surface area contributed by atoms with E-state index in [-0.39, 0.29) is 6.10 Å². The zero-order valence-corrected chi connectivity index (χ0v) is 9.71. The van der Waals surface area contributed by atoms with Gasteiger partial charge in [0.25, 0.3) is 0 Å². The largest absolute Gasteiger partial charge is 0.392 e. The van der Waals surface area contributed by atoms with E-state index in [1.54, 1.807) is 0 Å². The number of aromatic nitrogens is 1. The van der Waals surface area contributed by atoms with E-state index in [9.17, 15) is 5.11 Å². The molecule has 0 aliphatic carbocycles. The average molecular weight is 228 g/mol. The van der Waals surface area contributed by atoms with Gasteiger partial charge in [0.2, 0.25) is 0 Å². The second-order valence-electron chi connectivity index (χ2n) is 4.71. The Labute approximate surface area is 101 Å². The summed E-state index contributed by atoms with van der Waals surface area (Å²) in [5.41, 5.74) is 2.26. The molecular weight excluding hydrogens is 212 g/mol. The van der Waals surface area contributed by atoms with Crippen molar-refractivity contribution in [1.29, 1.82) is 0 Å². The van der Waals surface area contributed by atoms with Crippen LogP contribution in [0.1, 0.15) is 12.0 Å². The van der Waals surface area contributed by atoms with Gasteiger partial charge in [-0.2, -0.15) is 0 Å². The first-order chi connectivity index (χ1) is 8.31. The second-order valence-corrected chi connectivity index (χ2v) is 4.71. The Bertz CT molecular complexity index is 526. The minimum Gasteiger partial charge on any atom is -0.392 e. The van der Waals surface area contributed by atoms with Crippen LogP contribution in [0.25, 0.3) is 10.9 Å². The maximum atomic E-state index is 9.49. The molecule has 1 atom stereocenters. The van der Waals surface area contributed by atoms with Gasteiger partial charge >= 0.3 is 0 Å². The molecule has 0 unspecified atom stereocenters. The zero-order chi connectivity index (χ0) is 11.7. The Hall–Kier alpha value is -1.45. The number of pyridine rings is 1. The molecular formula is C14H16N2O. The normalized spacial score (nSPS) is 21.1. The predicted octanol–water partition coefficient (Wildman–Crippen LogP) is 1.80. The number of nitrogens with zero attached hydrogens (tertiary/aromatic N) is 2. The summed E-state index contributed by atoms with van der Waals surface area (Å²) in [6, 6.07) is 10.3. The SMILES string of the molecule is O[C@@H]1CCN(Cc2cnc3ccccc3c2)C1. The molecule has 0 radical (unpaired) electrons. The fourth-order valence-electron chi connectivity index (χ4n) is 2.42. The molecule has 88 valence electrons. The summed E-state index contributed by atoms with van der Waals surface area (Å²) in [7, 11) is 0. The predicted molar refractivity (Wildman–Crippen MR) is 67.6 cm³/mol. The van der Waals surface area contributed by atoms with E-state index in [4.69, 9.17) is 0 Å². The number of β-amino-alcohol motifs (C(OH)–C–C–N with tert-alkyl or cyclic N) is 1. The van der Waals surface area contributed by atoms with Crippen LogP contribution in [0.2, 0.25) is 0 Å². The van der Waals surface area contributed by atoms with Crippen LogP contribution in [0.4, 0.5) is 0 Å². The Balaban J connectivity index is 1.81. The molecule has 2 aromatic rings. The molecule has 2 heterocycles. The lowest BCUT2D eigenvalue weighted by Gasteiger charge is -2.14. The molecule has 0 bridgehead atoms. The molecule has 0 spiro atoms. The van der Waals surface area contributed by atoms with Crippen molar-refractivity contribution in [3.05, 3.63) is 42.1 Å². The molecule has 3 rings (SSSR count). The number of fused-ring (bicyclic) bond motifs is 1. The standard InChI is InChI=1S/C14H16N2O/c17-13-5-6-16(10-13)9-11-7-12-3-1-2-4-14(12)15-8-11/h1-4,7-8,13,17H,5-6,9-10H2/t13-/m1/s1. The third kappa shape index (κ3) is 2.30. The van der Waals surface area contributed by atoms with Crippen molar-refractivity contribution in [2.75, 3.05) is 13.1 Å². The minimum atomic E-state index is -0.150. The van der Waals surface area contributed by atoms with Gasteiger partial charge in [-0.15, -0.1) is 0 Å². The van der Waals surface area contributed by atoms with Crippen molar-refractivity contribution in [3.8, 4) is 0 Å². The summed E-state index contributed by atoms with van der Waals surface area (Å²) in [5, 5.41) is 10.7. The van der Waals surface area contributed by atoms with Crippen LogP contribution in [0.5, 0.6) is 0 Å². The molecule has 0 amide bonds. The highest BCUT2D eigenvalue weighted by atomic mass is 16.3.